The van der Waals surface area contributed by atoms with Gasteiger partial charge in [0.1, 0.15) is 17.3 Å². The Bertz CT molecular complexity index is 883. The summed E-state index contributed by atoms with van der Waals surface area (Å²) in [5.41, 5.74) is 2.08. The van der Waals surface area contributed by atoms with Crippen LogP contribution in [0.1, 0.15) is 10.4 Å². The van der Waals surface area contributed by atoms with Gasteiger partial charge in [-0.25, -0.2) is 4.39 Å². The van der Waals surface area contributed by atoms with E-state index in [4.69, 9.17) is 4.74 Å². The lowest BCUT2D eigenvalue weighted by molar-refractivity contribution is 0.112. The van der Waals surface area contributed by atoms with Gasteiger partial charge in [-0.1, -0.05) is 0 Å². The quantitative estimate of drug-likeness (QED) is 0.692. The number of fused-ring (bicyclic) bond motifs is 1. The molecule has 0 aliphatic rings. The van der Waals surface area contributed by atoms with E-state index in [1.54, 1.807) is 42.7 Å². The fourth-order valence-corrected chi connectivity index (χ4v) is 2.41. The molecule has 0 fully saturated rings. The van der Waals surface area contributed by atoms with Crippen molar-refractivity contribution in [1.29, 1.82) is 0 Å². The normalized spacial score (nSPS) is 10.6. The fraction of sp³-hybridized carbons (Fsp3) is 0.118. The van der Waals surface area contributed by atoms with Gasteiger partial charge in [-0.3, -0.25) is 14.8 Å². The van der Waals surface area contributed by atoms with Crippen LogP contribution in [-0.4, -0.2) is 30.4 Å². The van der Waals surface area contributed by atoms with E-state index in [1.165, 1.54) is 12.1 Å². The van der Waals surface area contributed by atoms with Gasteiger partial charge in [0.25, 0.3) is 0 Å². The van der Waals surface area contributed by atoms with Crippen molar-refractivity contribution in [2.45, 2.75) is 0 Å². The molecule has 23 heavy (non-hydrogen) atoms. The SMILES string of the molecule is COc1ccncc1N(C)c1cnc2c(C=O)ccc(F)c2c1. The lowest BCUT2D eigenvalue weighted by atomic mass is 10.1. The largest absolute Gasteiger partial charge is 0.494 e. The van der Waals surface area contributed by atoms with Crippen molar-refractivity contribution < 1.29 is 13.9 Å². The molecular weight excluding hydrogens is 297 g/mol. The predicted molar refractivity (Wildman–Crippen MR) is 85.9 cm³/mol. The Morgan fingerprint density at radius 2 is 2.09 bits per heavy atom. The van der Waals surface area contributed by atoms with Crippen LogP contribution in [0.2, 0.25) is 0 Å². The van der Waals surface area contributed by atoms with Gasteiger partial charge in [0.15, 0.2) is 6.29 Å². The van der Waals surface area contributed by atoms with Crippen LogP contribution in [0.5, 0.6) is 5.75 Å². The van der Waals surface area contributed by atoms with Gasteiger partial charge in [-0.05, 0) is 18.2 Å². The van der Waals surface area contributed by atoms with Crippen molar-refractivity contribution in [2.75, 3.05) is 19.1 Å². The molecule has 6 heteroatoms. The van der Waals surface area contributed by atoms with Crippen molar-refractivity contribution in [3.8, 4) is 5.75 Å². The number of benzene rings is 1. The van der Waals surface area contributed by atoms with Gasteiger partial charge < -0.3 is 9.64 Å². The van der Waals surface area contributed by atoms with Gasteiger partial charge in [0, 0.05) is 30.3 Å². The van der Waals surface area contributed by atoms with Gasteiger partial charge in [0.2, 0.25) is 0 Å². The van der Waals surface area contributed by atoms with Crippen LogP contribution < -0.4 is 9.64 Å². The topological polar surface area (TPSA) is 55.3 Å². The summed E-state index contributed by atoms with van der Waals surface area (Å²) in [6, 6.07) is 6.08. The van der Waals surface area contributed by atoms with E-state index in [0.717, 1.165) is 5.69 Å². The molecule has 0 radical (unpaired) electrons. The Balaban J connectivity index is 2.13. The maximum Gasteiger partial charge on any atom is 0.152 e. The Kier molecular flexibility index (Phi) is 3.89. The molecular formula is C17H14FN3O2. The Labute approximate surface area is 132 Å². The average molecular weight is 311 g/mol. The maximum atomic E-state index is 14.1. The molecule has 0 saturated carbocycles. The fourth-order valence-electron chi connectivity index (χ4n) is 2.41. The number of nitrogens with zero attached hydrogens (tertiary/aromatic N) is 3. The van der Waals surface area contributed by atoms with Crippen LogP contribution in [0.3, 0.4) is 0 Å². The summed E-state index contributed by atoms with van der Waals surface area (Å²) in [7, 11) is 3.38. The first kappa shape index (κ1) is 14.9. The molecule has 0 unspecified atom stereocenters. The second-order valence-electron chi connectivity index (χ2n) is 4.95. The summed E-state index contributed by atoms with van der Waals surface area (Å²) < 4.78 is 19.4. The van der Waals surface area contributed by atoms with Crippen LogP contribution in [-0.2, 0) is 0 Å². The van der Waals surface area contributed by atoms with E-state index in [2.05, 4.69) is 9.97 Å². The Hall–Kier alpha value is -3.02. The maximum absolute atomic E-state index is 14.1. The van der Waals surface area contributed by atoms with Gasteiger partial charge in [-0.2, -0.15) is 0 Å². The number of carbonyl (C=O) groups is 1. The number of anilines is 2. The van der Waals surface area contributed by atoms with Gasteiger partial charge in [0.05, 0.1) is 30.7 Å². The molecule has 0 atom stereocenters. The van der Waals surface area contributed by atoms with Crippen molar-refractivity contribution in [3.05, 3.63) is 54.2 Å². The van der Waals surface area contributed by atoms with E-state index in [-0.39, 0.29) is 0 Å². The summed E-state index contributed by atoms with van der Waals surface area (Å²) in [6.45, 7) is 0. The number of aldehydes is 1. The van der Waals surface area contributed by atoms with Crippen molar-refractivity contribution in [3.63, 3.8) is 0 Å². The Morgan fingerprint density at radius 3 is 2.83 bits per heavy atom. The zero-order valence-electron chi connectivity index (χ0n) is 12.7. The van der Waals surface area contributed by atoms with E-state index in [0.29, 0.717) is 34.2 Å². The van der Waals surface area contributed by atoms with Crippen molar-refractivity contribution in [1.82, 2.24) is 9.97 Å². The zero-order chi connectivity index (χ0) is 16.4. The zero-order valence-corrected chi connectivity index (χ0v) is 12.7. The lowest BCUT2D eigenvalue weighted by Crippen LogP contribution is -2.11. The summed E-state index contributed by atoms with van der Waals surface area (Å²) in [6.07, 6.45) is 5.54. The summed E-state index contributed by atoms with van der Waals surface area (Å²) in [4.78, 5) is 21.2. The number of carbonyl (C=O) groups excluding carboxylic acids is 1. The van der Waals surface area contributed by atoms with E-state index >= 15 is 0 Å². The van der Waals surface area contributed by atoms with Gasteiger partial charge >= 0.3 is 0 Å². The van der Waals surface area contributed by atoms with E-state index in [9.17, 15) is 9.18 Å². The number of rotatable bonds is 4. The molecule has 116 valence electrons. The van der Waals surface area contributed by atoms with Crippen molar-refractivity contribution >= 4 is 28.6 Å². The highest BCUT2D eigenvalue weighted by molar-refractivity contribution is 5.97. The third-order valence-corrected chi connectivity index (χ3v) is 3.67. The monoisotopic (exact) mass is 311 g/mol. The number of halogens is 1. The highest BCUT2D eigenvalue weighted by Gasteiger charge is 2.13. The smallest absolute Gasteiger partial charge is 0.152 e. The first-order chi connectivity index (χ1) is 11.2. The predicted octanol–water partition coefficient (Wildman–Crippen LogP) is 3.36. The second kappa shape index (κ2) is 6.00. The number of ether oxygens (including phenoxy) is 1. The molecule has 0 amide bonds. The van der Waals surface area contributed by atoms with Crippen LogP contribution >= 0.6 is 0 Å². The molecule has 3 rings (SSSR count). The molecule has 0 aliphatic carbocycles. The average Bonchev–Trinajstić information content (AvgIpc) is 2.61. The summed E-state index contributed by atoms with van der Waals surface area (Å²) in [5, 5.41) is 0.293. The first-order valence-electron chi connectivity index (χ1n) is 6.91. The standard InChI is InChI=1S/C17H14FN3O2/c1-21(15-9-19-6-5-16(15)23-2)12-7-13-14(18)4-3-11(10-22)17(13)20-8-12/h3-10H,1-2H3. The molecule has 0 bridgehead atoms. The first-order valence-corrected chi connectivity index (χ1v) is 6.91. The van der Waals surface area contributed by atoms with Crippen molar-refractivity contribution in [2.24, 2.45) is 0 Å². The molecule has 2 heterocycles. The lowest BCUT2D eigenvalue weighted by Gasteiger charge is -2.21. The number of methoxy groups -OCH3 is 1. The summed E-state index contributed by atoms with van der Waals surface area (Å²) >= 11 is 0. The number of hydrogen-bond donors (Lipinski definition) is 0. The molecule has 0 aliphatic heterocycles. The highest BCUT2D eigenvalue weighted by Crippen LogP contribution is 2.32. The van der Waals surface area contributed by atoms with Gasteiger partial charge in [-0.15, -0.1) is 0 Å². The van der Waals surface area contributed by atoms with Crippen LogP contribution in [0.4, 0.5) is 15.8 Å². The summed E-state index contributed by atoms with van der Waals surface area (Å²) in [5.74, 6) is 0.219. The number of hydrogen-bond acceptors (Lipinski definition) is 5. The minimum atomic E-state index is -0.425. The molecule has 0 N–H and O–H groups in total. The van der Waals surface area contributed by atoms with Crippen LogP contribution in [0.25, 0.3) is 10.9 Å². The van der Waals surface area contributed by atoms with E-state index < -0.39 is 5.82 Å². The third-order valence-electron chi connectivity index (χ3n) is 3.67. The van der Waals surface area contributed by atoms with E-state index in [1.807, 2.05) is 7.05 Å². The third kappa shape index (κ3) is 2.59. The highest BCUT2D eigenvalue weighted by atomic mass is 19.1. The van der Waals surface area contributed by atoms with Crippen LogP contribution in [0, 0.1) is 5.82 Å². The minimum Gasteiger partial charge on any atom is -0.494 e. The molecule has 5 nitrogen and oxygen atoms in total. The molecule has 1 aromatic carbocycles. The number of pyridine rings is 2. The van der Waals surface area contributed by atoms with Crippen LogP contribution in [0.15, 0.2) is 42.9 Å². The Morgan fingerprint density at radius 1 is 1.26 bits per heavy atom. The number of aromatic nitrogens is 2. The second-order valence-corrected chi connectivity index (χ2v) is 4.95. The molecule has 0 saturated heterocycles. The molecule has 0 spiro atoms. The molecule has 3 aromatic rings. The minimum absolute atomic E-state index is 0.293. The molecule has 2 aromatic heterocycles.